The number of hydrogen-bond acceptors (Lipinski definition) is 2. The Morgan fingerprint density at radius 2 is 1.78 bits per heavy atom. The van der Waals surface area contributed by atoms with Crippen LogP contribution in [-0.2, 0) is 0 Å². The molecule has 0 N–H and O–H groups in total. The molecule has 0 unspecified atom stereocenters. The first-order valence-electron chi connectivity index (χ1n) is 5.56. The number of aromatic nitrogens is 3. The Labute approximate surface area is 109 Å². The molecule has 1 aromatic carbocycles. The summed E-state index contributed by atoms with van der Waals surface area (Å²) in [6, 6.07) is 13.5. The molecule has 0 atom stereocenters. The maximum atomic E-state index is 5.84. The van der Waals surface area contributed by atoms with Gasteiger partial charge in [0.1, 0.15) is 0 Å². The number of pyridine rings is 1. The van der Waals surface area contributed by atoms with Gasteiger partial charge in [-0.1, -0.05) is 35.9 Å². The van der Waals surface area contributed by atoms with E-state index >= 15 is 0 Å². The summed E-state index contributed by atoms with van der Waals surface area (Å²) in [7, 11) is 0. The highest BCUT2D eigenvalue weighted by Gasteiger charge is 1.99. The van der Waals surface area contributed by atoms with Gasteiger partial charge in [0.2, 0.25) is 0 Å². The summed E-state index contributed by atoms with van der Waals surface area (Å²) >= 11 is 5.84. The maximum Gasteiger partial charge on any atom is 0.161 e. The second kappa shape index (κ2) is 4.63. The van der Waals surface area contributed by atoms with Crippen molar-refractivity contribution in [2.45, 2.75) is 0 Å². The maximum absolute atomic E-state index is 5.84. The first kappa shape index (κ1) is 11.0. The van der Waals surface area contributed by atoms with E-state index in [0.29, 0.717) is 0 Å². The summed E-state index contributed by atoms with van der Waals surface area (Å²) in [5, 5.41) is 8.95. The lowest BCUT2D eigenvalue weighted by molar-refractivity contribution is 1.08. The number of fused-ring (bicyclic) bond motifs is 1. The molecule has 0 bridgehead atoms. The summed E-state index contributed by atoms with van der Waals surface area (Å²) in [5.41, 5.74) is 1.92. The fourth-order valence-electron chi connectivity index (χ4n) is 1.72. The van der Waals surface area contributed by atoms with Crippen LogP contribution >= 0.6 is 11.6 Å². The van der Waals surface area contributed by atoms with Crippen molar-refractivity contribution in [3.05, 3.63) is 65.1 Å². The second-order valence-corrected chi connectivity index (χ2v) is 4.31. The summed E-state index contributed by atoms with van der Waals surface area (Å²) in [6.45, 7) is 0. The second-order valence-electron chi connectivity index (χ2n) is 3.87. The Balaban J connectivity index is 1.94. The monoisotopic (exact) mass is 255 g/mol. The summed E-state index contributed by atoms with van der Waals surface area (Å²) in [6.07, 6.45) is 5.86. The zero-order chi connectivity index (χ0) is 12.4. The van der Waals surface area contributed by atoms with Crippen LogP contribution in [0.15, 0.2) is 48.7 Å². The van der Waals surface area contributed by atoms with E-state index in [1.165, 1.54) is 0 Å². The van der Waals surface area contributed by atoms with Crippen molar-refractivity contribution < 1.29 is 0 Å². The van der Waals surface area contributed by atoms with Gasteiger partial charge in [-0.2, -0.15) is 0 Å². The minimum absolute atomic E-state index is 0.736. The van der Waals surface area contributed by atoms with Crippen LogP contribution in [0.3, 0.4) is 0 Å². The molecule has 3 rings (SSSR count). The van der Waals surface area contributed by atoms with Gasteiger partial charge in [0.15, 0.2) is 11.5 Å². The standard InChI is InChI=1S/C14H10ClN3/c15-12-7-4-11(5-8-12)6-9-14-17-16-13-3-1-2-10-18(13)14/h1-10H. The summed E-state index contributed by atoms with van der Waals surface area (Å²) in [5.74, 6) is 0.806. The summed E-state index contributed by atoms with van der Waals surface area (Å²) in [4.78, 5) is 0. The Hall–Kier alpha value is -2.13. The van der Waals surface area contributed by atoms with Crippen molar-refractivity contribution in [1.29, 1.82) is 0 Å². The zero-order valence-corrected chi connectivity index (χ0v) is 10.2. The molecule has 88 valence electrons. The van der Waals surface area contributed by atoms with Gasteiger partial charge in [0, 0.05) is 11.2 Å². The zero-order valence-electron chi connectivity index (χ0n) is 9.49. The molecule has 3 nitrogen and oxygen atoms in total. The number of benzene rings is 1. The van der Waals surface area contributed by atoms with Crippen LogP contribution < -0.4 is 0 Å². The first-order chi connectivity index (χ1) is 8.83. The molecule has 2 aromatic heterocycles. The highest BCUT2D eigenvalue weighted by molar-refractivity contribution is 6.30. The number of hydrogen-bond donors (Lipinski definition) is 0. The third kappa shape index (κ3) is 2.13. The fourth-order valence-corrected chi connectivity index (χ4v) is 1.84. The number of nitrogens with zero attached hydrogens (tertiary/aromatic N) is 3. The van der Waals surface area contributed by atoms with Crippen LogP contribution in [0.4, 0.5) is 0 Å². The van der Waals surface area contributed by atoms with E-state index in [1.54, 1.807) is 0 Å². The predicted octanol–water partition coefficient (Wildman–Crippen LogP) is 3.55. The third-order valence-corrected chi connectivity index (χ3v) is 2.89. The molecule has 0 aliphatic rings. The van der Waals surface area contributed by atoms with E-state index in [4.69, 9.17) is 11.6 Å². The van der Waals surface area contributed by atoms with Gasteiger partial charge in [-0.15, -0.1) is 10.2 Å². The van der Waals surface area contributed by atoms with Crippen LogP contribution in [0.25, 0.3) is 17.8 Å². The molecule has 0 amide bonds. The Bertz CT molecular complexity index is 698. The van der Waals surface area contributed by atoms with Crippen LogP contribution in [0.2, 0.25) is 5.02 Å². The van der Waals surface area contributed by atoms with Gasteiger partial charge in [0.05, 0.1) is 0 Å². The van der Waals surface area contributed by atoms with Gasteiger partial charge < -0.3 is 0 Å². The normalized spacial score (nSPS) is 11.4. The van der Waals surface area contributed by atoms with Gasteiger partial charge in [-0.3, -0.25) is 4.40 Å². The van der Waals surface area contributed by atoms with Crippen LogP contribution in [0.5, 0.6) is 0 Å². The van der Waals surface area contributed by atoms with Crippen LogP contribution in [-0.4, -0.2) is 14.6 Å². The lowest BCUT2D eigenvalue weighted by atomic mass is 10.2. The molecular formula is C14H10ClN3. The first-order valence-corrected chi connectivity index (χ1v) is 5.94. The van der Waals surface area contributed by atoms with Crippen molar-refractivity contribution >= 4 is 29.4 Å². The topological polar surface area (TPSA) is 30.2 Å². The Morgan fingerprint density at radius 1 is 0.944 bits per heavy atom. The average molecular weight is 256 g/mol. The number of halogens is 1. The van der Waals surface area contributed by atoms with Crippen molar-refractivity contribution in [1.82, 2.24) is 14.6 Å². The fraction of sp³-hybridized carbons (Fsp3) is 0. The highest BCUT2D eigenvalue weighted by Crippen LogP contribution is 2.12. The largest absolute Gasteiger partial charge is 0.283 e. The highest BCUT2D eigenvalue weighted by atomic mass is 35.5. The molecule has 0 aliphatic heterocycles. The van der Waals surface area contributed by atoms with Gasteiger partial charge in [0.25, 0.3) is 0 Å². The van der Waals surface area contributed by atoms with E-state index in [1.807, 2.05) is 65.2 Å². The van der Waals surface area contributed by atoms with E-state index < -0.39 is 0 Å². The van der Waals surface area contributed by atoms with Gasteiger partial charge in [-0.05, 0) is 35.9 Å². The van der Waals surface area contributed by atoms with E-state index in [2.05, 4.69) is 10.2 Å². The van der Waals surface area contributed by atoms with Gasteiger partial charge >= 0.3 is 0 Å². The minimum atomic E-state index is 0.736. The van der Waals surface area contributed by atoms with E-state index in [0.717, 1.165) is 22.1 Å². The molecule has 4 heteroatoms. The number of rotatable bonds is 2. The predicted molar refractivity (Wildman–Crippen MR) is 73.4 cm³/mol. The Morgan fingerprint density at radius 3 is 2.61 bits per heavy atom. The molecule has 0 saturated heterocycles. The van der Waals surface area contributed by atoms with E-state index in [9.17, 15) is 0 Å². The molecule has 3 aromatic rings. The molecule has 0 radical (unpaired) electrons. The molecule has 0 aliphatic carbocycles. The lowest BCUT2D eigenvalue weighted by Crippen LogP contribution is -1.85. The van der Waals surface area contributed by atoms with E-state index in [-0.39, 0.29) is 0 Å². The smallest absolute Gasteiger partial charge is 0.161 e. The molecule has 0 fully saturated rings. The van der Waals surface area contributed by atoms with Gasteiger partial charge in [-0.25, -0.2) is 0 Å². The van der Waals surface area contributed by atoms with Crippen molar-refractivity contribution in [3.8, 4) is 0 Å². The molecule has 0 saturated carbocycles. The molecular weight excluding hydrogens is 246 g/mol. The molecule has 18 heavy (non-hydrogen) atoms. The SMILES string of the molecule is Clc1ccc(C=Cc2nnc3ccccn23)cc1. The van der Waals surface area contributed by atoms with Crippen molar-refractivity contribution in [2.75, 3.05) is 0 Å². The average Bonchev–Trinajstić information content (AvgIpc) is 2.82. The molecule has 2 heterocycles. The molecule has 0 spiro atoms. The summed E-state index contributed by atoms with van der Waals surface area (Å²) < 4.78 is 1.94. The Kier molecular flexibility index (Phi) is 2.82. The third-order valence-electron chi connectivity index (χ3n) is 2.63. The van der Waals surface area contributed by atoms with Crippen molar-refractivity contribution in [2.24, 2.45) is 0 Å². The quantitative estimate of drug-likeness (QED) is 0.701. The minimum Gasteiger partial charge on any atom is -0.283 e. The van der Waals surface area contributed by atoms with Crippen LogP contribution in [0.1, 0.15) is 11.4 Å². The lowest BCUT2D eigenvalue weighted by Gasteiger charge is -1.94. The van der Waals surface area contributed by atoms with Crippen LogP contribution in [0, 0.1) is 0 Å². The van der Waals surface area contributed by atoms with Crippen molar-refractivity contribution in [3.63, 3.8) is 0 Å².